The molecule has 0 radical (unpaired) electrons. The van der Waals surface area contributed by atoms with E-state index in [1.807, 2.05) is 26.2 Å². The Morgan fingerprint density at radius 3 is 2.44 bits per heavy atom. The monoisotopic (exact) mass is 247 g/mol. The van der Waals surface area contributed by atoms with E-state index in [0.29, 0.717) is 6.04 Å². The van der Waals surface area contributed by atoms with E-state index < -0.39 is 0 Å². The molecular formula is C14H21N3O. The van der Waals surface area contributed by atoms with Crippen molar-refractivity contribution < 1.29 is 4.79 Å². The molecule has 0 aromatic carbocycles. The van der Waals surface area contributed by atoms with Crippen LogP contribution < -0.4 is 10.2 Å². The molecule has 0 unspecified atom stereocenters. The number of pyridine rings is 1. The fourth-order valence-corrected chi connectivity index (χ4v) is 2.60. The quantitative estimate of drug-likeness (QED) is 0.886. The lowest BCUT2D eigenvalue weighted by Crippen LogP contribution is -2.38. The normalized spacial score (nSPS) is 23.7. The standard InChI is InChI=1S/C14H21N3O/c1-15-12-5-3-11(4-6-12)14(18)17(2)13-7-9-16-10-8-13/h7-12,15H,3-6H2,1-2H3. The van der Waals surface area contributed by atoms with Gasteiger partial charge in [0.1, 0.15) is 0 Å². The molecule has 1 heterocycles. The van der Waals surface area contributed by atoms with Crippen molar-refractivity contribution in [3.63, 3.8) is 0 Å². The van der Waals surface area contributed by atoms with E-state index in [9.17, 15) is 4.79 Å². The number of aromatic nitrogens is 1. The van der Waals surface area contributed by atoms with Crippen LogP contribution >= 0.6 is 0 Å². The molecule has 4 heteroatoms. The fourth-order valence-electron chi connectivity index (χ4n) is 2.60. The van der Waals surface area contributed by atoms with Crippen molar-refractivity contribution in [2.75, 3.05) is 19.0 Å². The Morgan fingerprint density at radius 2 is 1.89 bits per heavy atom. The van der Waals surface area contributed by atoms with E-state index in [0.717, 1.165) is 31.4 Å². The van der Waals surface area contributed by atoms with Gasteiger partial charge in [-0.1, -0.05) is 0 Å². The molecular weight excluding hydrogens is 226 g/mol. The Balaban J connectivity index is 1.96. The van der Waals surface area contributed by atoms with Crippen LogP contribution in [0.1, 0.15) is 25.7 Å². The molecule has 1 N–H and O–H groups in total. The zero-order chi connectivity index (χ0) is 13.0. The molecule has 2 rings (SSSR count). The summed E-state index contributed by atoms with van der Waals surface area (Å²) in [4.78, 5) is 18.1. The predicted octanol–water partition coefficient (Wildman–Crippen LogP) is 1.82. The number of hydrogen-bond acceptors (Lipinski definition) is 3. The molecule has 1 fully saturated rings. The molecule has 1 aromatic rings. The first-order chi connectivity index (χ1) is 8.72. The first-order valence-electron chi connectivity index (χ1n) is 6.57. The molecule has 4 nitrogen and oxygen atoms in total. The average molecular weight is 247 g/mol. The van der Waals surface area contributed by atoms with Crippen LogP contribution in [0.5, 0.6) is 0 Å². The van der Waals surface area contributed by atoms with Gasteiger partial charge in [0, 0.05) is 37.1 Å². The number of carbonyl (C=O) groups excluding carboxylic acids is 1. The van der Waals surface area contributed by atoms with Crippen molar-refractivity contribution in [1.29, 1.82) is 0 Å². The van der Waals surface area contributed by atoms with Crippen LogP contribution in [0.15, 0.2) is 24.5 Å². The van der Waals surface area contributed by atoms with Gasteiger partial charge in [-0.2, -0.15) is 0 Å². The van der Waals surface area contributed by atoms with Crippen LogP contribution in [0.3, 0.4) is 0 Å². The number of nitrogens with zero attached hydrogens (tertiary/aromatic N) is 2. The zero-order valence-corrected chi connectivity index (χ0v) is 11.1. The molecule has 0 saturated heterocycles. The summed E-state index contributed by atoms with van der Waals surface area (Å²) in [7, 11) is 3.84. The van der Waals surface area contributed by atoms with Gasteiger partial charge in [0.05, 0.1) is 0 Å². The van der Waals surface area contributed by atoms with Crippen LogP contribution in [0.2, 0.25) is 0 Å². The Labute approximate surface area is 108 Å². The van der Waals surface area contributed by atoms with Gasteiger partial charge in [0.2, 0.25) is 5.91 Å². The topological polar surface area (TPSA) is 45.2 Å². The van der Waals surface area contributed by atoms with Crippen LogP contribution in [0.4, 0.5) is 5.69 Å². The van der Waals surface area contributed by atoms with Gasteiger partial charge < -0.3 is 10.2 Å². The molecule has 0 aliphatic heterocycles. The molecule has 1 aliphatic rings. The molecule has 98 valence electrons. The highest BCUT2D eigenvalue weighted by molar-refractivity contribution is 5.94. The van der Waals surface area contributed by atoms with Crippen LogP contribution in [-0.2, 0) is 4.79 Å². The third-order valence-electron chi connectivity index (χ3n) is 3.87. The lowest BCUT2D eigenvalue weighted by molar-refractivity contribution is -0.123. The maximum absolute atomic E-state index is 12.4. The zero-order valence-electron chi connectivity index (χ0n) is 11.1. The first-order valence-corrected chi connectivity index (χ1v) is 6.57. The summed E-state index contributed by atoms with van der Waals surface area (Å²) in [6.07, 6.45) is 7.60. The van der Waals surface area contributed by atoms with Crippen molar-refractivity contribution in [3.8, 4) is 0 Å². The lowest BCUT2D eigenvalue weighted by atomic mass is 9.85. The highest BCUT2D eigenvalue weighted by atomic mass is 16.2. The summed E-state index contributed by atoms with van der Waals surface area (Å²) >= 11 is 0. The smallest absolute Gasteiger partial charge is 0.229 e. The largest absolute Gasteiger partial charge is 0.317 e. The number of carbonyl (C=O) groups is 1. The number of rotatable bonds is 3. The molecule has 18 heavy (non-hydrogen) atoms. The van der Waals surface area contributed by atoms with Gasteiger partial charge in [-0.3, -0.25) is 9.78 Å². The molecule has 0 atom stereocenters. The third-order valence-corrected chi connectivity index (χ3v) is 3.87. The van der Waals surface area contributed by atoms with Crippen molar-refractivity contribution in [2.24, 2.45) is 5.92 Å². The van der Waals surface area contributed by atoms with E-state index in [1.165, 1.54) is 0 Å². The van der Waals surface area contributed by atoms with Gasteiger partial charge in [-0.15, -0.1) is 0 Å². The van der Waals surface area contributed by atoms with E-state index in [4.69, 9.17) is 0 Å². The van der Waals surface area contributed by atoms with Crippen LogP contribution in [0.25, 0.3) is 0 Å². The molecule has 1 aliphatic carbocycles. The minimum atomic E-state index is 0.174. The fraction of sp³-hybridized carbons (Fsp3) is 0.571. The molecule has 1 aromatic heterocycles. The Kier molecular flexibility index (Phi) is 4.31. The summed E-state index contributed by atoms with van der Waals surface area (Å²) in [5.74, 6) is 0.406. The number of nitrogens with one attached hydrogen (secondary N) is 1. The second-order valence-electron chi connectivity index (χ2n) is 4.94. The van der Waals surface area contributed by atoms with E-state index in [1.54, 1.807) is 17.3 Å². The second-order valence-corrected chi connectivity index (χ2v) is 4.94. The Morgan fingerprint density at radius 1 is 1.28 bits per heavy atom. The molecule has 1 amide bonds. The SMILES string of the molecule is CNC1CCC(C(=O)N(C)c2ccncc2)CC1. The van der Waals surface area contributed by atoms with E-state index in [-0.39, 0.29) is 11.8 Å². The van der Waals surface area contributed by atoms with Gasteiger partial charge in [0.15, 0.2) is 0 Å². The molecule has 0 spiro atoms. The number of hydrogen-bond donors (Lipinski definition) is 1. The Hall–Kier alpha value is -1.42. The second kappa shape index (κ2) is 5.96. The summed E-state index contributed by atoms with van der Waals surface area (Å²) in [6, 6.07) is 4.33. The maximum atomic E-state index is 12.4. The van der Waals surface area contributed by atoms with Crippen molar-refractivity contribution in [1.82, 2.24) is 10.3 Å². The predicted molar refractivity (Wildman–Crippen MR) is 72.5 cm³/mol. The summed E-state index contributed by atoms with van der Waals surface area (Å²) in [5.41, 5.74) is 0.922. The highest BCUT2D eigenvalue weighted by Crippen LogP contribution is 2.27. The lowest BCUT2D eigenvalue weighted by Gasteiger charge is -2.30. The summed E-state index contributed by atoms with van der Waals surface area (Å²) in [6.45, 7) is 0. The summed E-state index contributed by atoms with van der Waals surface area (Å²) in [5, 5.41) is 3.29. The van der Waals surface area contributed by atoms with Gasteiger partial charge in [0.25, 0.3) is 0 Å². The number of amides is 1. The minimum Gasteiger partial charge on any atom is -0.317 e. The molecule has 1 saturated carbocycles. The van der Waals surface area contributed by atoms with Gasteiger partial charge >= 0.3 is 0 Å². The van der Waals surface area contributed by atoms with E-state index >= 15 is 0 Å². The highest BCUT2D eigenvalue weighted by Gasteiger charge is 2.27. The van der Waals surface area contributed by atoms with Gasteiger partial charge in [-0.05, 0) is 44.9 Å². The van der Waals surface area contributed by atoms with E-state index in [2.05, 4.69) is 10.3 Å². The minimum absolute atomic E-state index is 0.174. The summed E-state index contributed by atoms with van der Waals surface area (Å²) < 4.78 is 0. The molecule has 0 bridgehead atoms. The average Bonchev–Trinajstić information content (AvgIpc) is 2.47. The van der Waals surface area contributed by atoms with Crippen molar-refractivity contribution >= 4 is 11.6 Å². The van der Waals surface area contributed by atoms with Crippen molar-refractivity contribution in [3.05, 3.63) is 24.5 Å². The first kappa shape index (κ1) is 13.0. The van der Waals surface area contributed by atoms with Gasteiger partial charge in [-0.25, -0.2) is 0 Å². The third kappa shape index (κ3) is 2.88. The number of anilines is 1. The van der Waals surface area contributed by atoms with Crippen LogP contribution in [-0.4, -0.2) is 31.0 Å². The Bertz CT molecular complexity index is 385. The maximum Gasteiger partial charge on any atom is 0.229 e. The van der Waals surface area contributed by atoms with Crippen LogP contribution in [0, 0.1) is 5.92 Å². The van der Waals surface area contributed by atoms with Crippen molar-refractivity contribution in [2.45, 2.75) is 31.7 Å².